The van der Waals surface area contributed by atoms with Crippen molar-refractivity contribution in [3.05, 3.63) is 65.7 Å². The number of aryl methyl sites for hydroxylation is 1. The molecule has 0 radical (unpaired) electrons. The minimum atomic E-state index is 0.126. The molecule has 34 heavy (non-hydrogen) atoms. The summed E-state index contributed by atoms with van der Waals surface area (Å²) in [6, 6.07) is 18.4. The number of methoxy groups -OCH3 is 1. The lowest BCUT2D eigenvalue weighted by atomic mass is 9.84. The first-order chi connectivity index (χ1) is 16.4. The molecule has 1 aliphatic heterocycles. The normalized spacial score (nSPS) is 15.3. The van der Waals surface area contributed by atoms with Crippen LogP contribution in [0.25, 0.3) is 0 Å². The number of likely N-dealkylation sites (tertiary alicyclic amines) is 1. The average Bonchev–Trinajstić information content (AvgIpc) is 2.86. The summed E-state index contributed by atoms with van der Waals surface area (Å²) in [7, 11) is 7.45. The lowest BCUT2D eigenvalue weighted by molar-refractivity contribution is -0.136. The van der Waals surface area contributed by atoms with Gasteiger partial charge < -0.3 is 19.4 Å². The van der Waals surface area contributed by atoms with Gasteiger partial charge in [0.25, 0.3) is 0 Å². The number of benzene rings is 2. The van der Waals surface area contributed by atoms with Crippen LogP contribution in [0.2, 0.25) is 0 Å². The Hall–Kier alpha value is -2.86. The van der Waals surface area contributed by atoms with Gasteiger partial charge in [-0.1, -0.05) is 48.5 Å². The summed E-state index contributed by atoms with van der Waals surface area (Å²) < 4.78 is 5.42. The van der Waals surface area contributed by atoms with Crippen LogP contribution in [0.4, 0.5) is 0 Å². The van der Waals surface area contributed by atoms with Crippen LogP contribution in [0.15, 0.2) is 54.6 Å². The highest BCUT2D eigenvalue weighted by Crippen LogP contribution is 2.27. The van der Waals surface area contributed by atoms with E-state index < -0.39 is 0 Å². The Morgan fingerprint density at radius 3 is 2.29 bits per heavy atom. The van der Waals surface area contributed by atoms with E-state index in [9.17, 15) is 9.59 Å². The highest BCUT2D eigenvalue weighted by atomic mass is 16.5. The number of piperidine rings is 1. The van der Waals surface area contributed by atoms with Crippen molar-refractivity contribution in [2.45, 2.75) is 38.1 Å². The van der Waals surface area contributed by atoms with Gasteiger partial charge in [-0.25, -0.2) is 0 Å². The van der Waals surface area contributed by atoms with E-state index in [0.717, 1.165) is 43.7 Å². The van der Waals surface area contributed by atoms with Crippen molar-refractivity contribution in [1.82, 2.24) is 14.7 Å². The van der Waals surface area contributed by atoms with Gasteiger partial charge in [-0.15, -0.1) is 0 Å². The standard InChI is InChI=1S/C28H39N3O3/c1-29(2)21-28(33)30(3)25(20-22-10-6-5-7-11-22)23-16-18-31(19-17-23)27(32)15-14-24-12-8-9-13-26(24)34-4/h5-13,23,25H,14-21H2,1-4H3/t25-/m1/s1. The summed E-state index contributed by atoms with van der Waals surface area (Å²) in [6.45, 7) is 1.90. The summed E-state index contributed by atoms with van der Waals surface area (Å²) >= 11 is 0. The fourth-order valence-corrected chi connectivity index (χ4v) is 4.89. The SMILES string of the molecule is COc1ccccc1CCC(=O)N1CCC([C@@H](Cc2ccccc2)N(C)C(=O)CN(C)C)CC1. The molecule has 6 heteroatoms. The number of ether oxygens (including phenoxy) is 1. The summed E-state index contributed by atoms with van der Waals surface area (Å²) in [5, 5.41) is 0. The molecule has 2 amide bonds. The number of rotatable bonds is 10. The molecule has 6 nitrogen and oxygen atoms in total. The number of amides is 2. The first kappa shape index (κ1) is 25.8. The van der Waals surface area contributed by atoms with Gasteiger partial charge in [-0.05, 0) is 62.9 Å². The molecule has 0 N–H and O–H groups in total. The Balaban J connectivity index is 1.60. The molecule has 1 atom stereocenters. The molecule has 3 rings (SSSR count). The molecule has 0 unspecified atom stereocenters. The Labute approximate surface area is 204 Å². The van der Waals surface area contributed by atoms with Crippen LogP contribution in [0.1, 0.15) is 30.4 Å². The van der Waals surface area contributed by atoms with Crippen molar-refractivity contribution in [2.24, 2.45) is 5.92 Å². The number of carbonyl (C=O) groups is 2. The third-order valence-corrected chi connectivity index (χ3v) is 6.87. The van der Waals surface area contributed by atoms with Gasteiger partial charge in [0.1, 0.15) is 5.75 Å². The Morgan fingerprint density at radius 1 is 1.00 bits per heavy atom. The van der Waals surface area contributed by atoms with Gasteiger partial charge in [0.15, 0.2) is 0 Å². The molecule has 0 aromatic heterocycles. The monoisotopic (exact) mass is 465 g/mol. The first-order valence-corrected chi connectivity index (χ1v) is 12.2. The van der Waals surface area contributed by atoms with E-state index >= 15 is 0 Å². The van der Waals surface area contributed by atoms with Crippen LogP contribution in [0.3, 0.4) is 0 Å². The predicted molar refractivity (Wildman–Crippen MR) is 136 cm³/mol. The predicted octanol–water partition coefficient (Wildman–Crippen LogP) is 3.50. The van der Waals surface area contributed by atoms with Crippen molar-refractivity contribution in [1.29, 1.82) is 0 Å². The van der Waals surface area contributed by atoms with Gasteiger partial charge in [-0.2, -0.15) is 0 Å². The van der Waals surface area contributed by atoms with E-state index in [1.165, 1.54) is 5.56 Å². The number of likely N-dealkylation sites (N-methyl/N-ethyl adjacent to an activating group) is 2. The Kier molecular flexibility index (Phi) is 9.52. The minimum Gasteiger partial charge on any atom is -0.496 e. The fraction of sp³-hybridized carbons (Fsp3) is 0.500. The summed E-state index contributed by atoms with van der Waals surface area (Å²) in [5.41, 5.74) is 2.31. The quantitative estimate of drug-likeness (QED) is 0.539. The van der Waals surface area contributed by atoms with Gasteiger partial charge in [0.05, 0.1) is 13.7 Å². The Bertz CT molecular complexity index is 924. The topological polar surface area (TPSA) is 53.1 Å². The zero-order valence-electron chi connectivity index (χ0n) is 21.1. The van der Waals surface area contributed by atoms with E-state index in [1.54, 1.807) is 7.11 Å². The van der Waals surface area contributed by atoms with Crippen molar-refractivity contribution >= 4 is 11.8 Å². The molecule has 1 aliphatic rings. The largest absolute Gasteiger partial charge is 0.496 e. The molecular formula is C28H39N3O3. The van der Waals surface area contributed by atoms with Crippen LogP contribution in [0.5, 0.6) is 5.75 Å². The average molecular weight is 466 g/mol. The number of hydrogen-bond donors (Lipinski definition) is 0. The maximum Gasteiger partial charge on any atom is 0.236 e. The summed E-state index contributed by atoms with van der Waals surface area (Å²) in [4.78, 5) is 31.7. The second kappa shape index (κ2) is 12.6. The maximum atomic E-state index is 12.9. The second-order valence-electron chi connectivity index (χ2n) is 9.53. The lowest BCUT2D eigenvalue weighted by Crippen LogP contribution is -2.50. The van der Waals surface area contributed by atoms with Crippen LogP contribution >= 0.6 is 0 Å². The summed E-state index contributed by atoms with van der Waals surface area (Å²) in [5.74, 6) is 1.54. The minimum absolute atomic E-state index is 0.126. The zero-order valence-corrected chi connectivity index (χ0v) is 21.1. The number of nitrogens with zero attached hydrogens (tertiary/aromatic N) is 3. The number of para-hydroxylation sites is 1. The summed E-state index contributed by atoms with van der Waals surface area (Å²) in [6.07, 6.45) is 3.83. The van der Waals surface area contributed by atoms with Crippen LogP contribution in [0, 0.1) is 5.92 Å². The van der Waals surface area contributed by atoms with Crippen LogP contribution < -0.4 is 4.74 Å². The number of hydrogen-bond acceptors (Lipinski definition) is 4. The van der Waals surface area contributed by atoms with Gasteiger partial charge in [0.2, 0.25) is 11.8 Å². The third-order valence-electron chi connectivity index (χ3n) is 6.87. The molecular weight excluding hydrogens is 426 g/mol. The fourth-order valence-electron chi connectivity index (χ4n) is 4.89. The maximum absolute atomic E-state index is 12.9. The van der Waals surface area contributed by atoms with E-state index in [1.807, 2.05) is 66.2 Å². The molecule has 0 bridgehead atoms. The van der Waals surface area contributed by atoms with E-state index in [2.05, 4.69) is 24.3 Å². The van der Waals surface area contributed by atoms with E-state index in [4.69, 9.17) is 4.74 Å². The molecule has 0 aliphatic carbocycles. The smallest absolute Gasteiger partial charge is 0.236 e. The van der Waals surface area contributed by atoms with Gasteiger partial charge >= 0.3 is 0 Å². The highest BCUT2D eigenvalue weighted by Gasteiger charge is 2.32. The van der Waals surface area contributed by atoms with Crippen molar-refractivity contribution < 1.29 is 14.3 Å². The Morgan fingerprint density at radius 2 is 1.65 bits per heavy atom. The first-order valence-electron chi connectivity index (χ1n) is 12.2. The van der Waals surface area contributed by atoms with Crippen LogP contribution in [-0.4, -0.2) is 80.4 Å². The highest BCUT2D eigenvalue weighted by molar-refractivity contribution is 5.78. The van der Waals surface area contributed by atoms with Gasteiger partial charge in [-0.3, -0.25) is 9.59 Å². The molecule has 1 fully saturated rings. The molecule has 1 saturated heterocycles. The third kappa shape index (κ3) is 7.07. The molecule has 1 heterocycles. The van der Waals surface area contributed by atoms with E-state index in [-0.39, 0.29) is 17.9 Å². The van der Waals surface area contributed by atoms with Crippen molar-refractivity contribution in [3.63, 3.8) is 0 Å². The zero-order chi connectivity index (χ0) is 24.5. The van der Waals surface area contributed by atoms with Gasteiger partial charge in [0, 0.05) is 32.6 Å². The molecule has 184 valence electrons. The molecule has 0 saturated carbocycles. The molecule has 2 aromatic rings. The lowest BCUT2D eigenvalue weighted by Gasteiger charge is -2.40. The number of carbonyl (C=O) groups excluding carboxylic acids is 2. The van der Waals surface area contributed by atoms with E-state index in [0.29, 0.717) is 25.3 Å². The molecule has 2 aromatic carbocycles. The van der Waals surface area contributed by atoms with Crippen molar-refractivity contribution in [2.75, 3.05) is 47.9 Å². The molecule has 0 spiro atoms. The second-order valence-corrected chi connectivity index (χ2v) is 9.53. The van der Waals surface area contributed by atoms with Crippen molar-refractivity contribution in [3.8, 4) is 5.75 Å². The van der Waals surface area contributed by atoms with Crippen LogP contribution in [-0.2, 0) is 22.4 Å².